The van der Waals surface area contributed by atoms with Crippen LogP contribution < -0.4 is 0 Å². The summed E-state index contributed by atoms with van der Waals surface area (Å²) in [6.45, 7) is 0. The van der Waals surface area contributed by atoms with Crippen molar-refractivity contribution in [1.82, 2.24) is 9.38 Å². The third-order valence-electron chi connectivity index (χ3n) is 1.76. The first-order valence-electron chi connectivity index (χ1n) is 3.65. The largest absolute Gasteiger partial charge is 0.478 e. The monoisotopic (exact) mass is 258 g/mol. The van der Waals surface area contributed by atoms with Crippen molar-refractivity contribution >= 4 is 27.4 Å². The second kappa shape index (κ2) is 3.06. The molecule has 1 N–H and O–H groups in total. The van der Waals surface area contributed by atoms with Crippen LogP contribution in [0.2, 0.25) is 0 Å². The van der Waals surface area contributed by atoms with E-state index in [1.807, 2.05) is 0 Å². The molecule has 0 atom stereocenters. The van der Waals surface area contributed by atoms with Gasteiger partial charge in [0.05, 0.1) is 5.56 Å². The minimum Gasteiger partial charge on any atom is -0.478 e. The molecule has 2 heterocycles. The zero-order valence-electron chi connectivity index (χ0n) is 6.74. The zero-order chi connectivity index (χ0) is 10.3. The standard InChI is InChI=1S/C8H4BrFN2O2/c9-6-3-12-2-4(8(13)14)1-5(12)7(10)11-6/h1-3H,(H,13,14). The topological polar surface area (TPSA) is 54.6 Å². The van der Waals surface area contributed by atoms with Gasteiger partial charge in [-0.2, -0.15) is 4.39 Å². The molecule has 0 aliphatic rings. The van der Waals surface area contributed by atoms with Crippen LogP contribution in [0.3, 0.4) is 0 Å². The Bertz CT molecular complexity index is 523. The molecular weight excluding hydrogens is 255 g/mol. The number of hydrogen-bond acceptors (Lipinski definition) is 2. The highest BCUT2D eigenvalue weighted by Gasteiger charge is 2.10. The number of rotatable bonds is 1. The predicted octanol–water partition coefficient (Wildman–Crippen LogP) is 1.93. The molecule has 0 amide bonds. The van der Waals surface area contributed by atoms with Crippen LogP contribution in [0.15, 0.2) is 23.1 Å². The van der Waals surface area contributed by atoms with Crippen LogP contribution in [-0.2, 0) is 0 Å². The van der Waals surface area contributed by atoms with E-state index in [1.165, 1.54) is 22.9 Å². The van der Waals surface area contributed by atoms with Crippen molar-refractivity contribution in [2.45, 2.75) is 0 Å². The van der Waals surface area contributed by atoms with Crippen LogP contribution >= 0.6 is 15.9 Å². The summed E-state index contributed by atoms with van der Waals surface area (Å²) >= 11 is 3.01. The number of carboxylic acids is 1. The van der Waals surface area contributed by atoms with Gasteiger partial charge in [-0.05, 0) is 22.0 Å². The lowest BCUT2D eigenvalue weighted by atomic mass is 10.3. The van der Waals surface area contributed by atoms with E-state index >= 15 is 0 Å². The smallest absolute Gasteiger partial charge is 0.337 e. The Labute approximate surface area is 86.1 Å². The fourth-order valence-corrected chi connectivity index (χ4v) is 1.54. The molecule has 0 aliphatic carbocycles. The van der Waals surface area contributed by atoms with E-state index in [0.717, 1.165) is 0 Å². The fraction of sp³-hybridized carbons (Fsp3) is 0. The number of nitrogens with zero attached hydrogens (tertiary/aromatic N) is 2. The molecule has 0 aliphatic heterocycles. The average molecular weight is 259 g/mol. The summed E-state index contributed by atoms with van der Waals surface area (Å²) in [5.74, 6) is -1.80. The second-order valence-corrected chi connectivity index (χ2v) is 3.49. The number of carboxylic acid groups (broad SMARTS) is 1. The lowest BCUT2D eigenvalue weighted by Gasteiger charge is -1.95. The van der Waals surface area contributed by atoms with Gasteiger partial charge in [0.25, 0.3) is 0 Å². The van der Waals surface area contributed by atoms with Crippen molar-refractivity contribution < 1.29 is 14.3 Å². The lowest BCUT2D eigenvalue weighted by Crippen LogP contribution is -1.92. The van der Waals surface area contributed by atoms with E-state index in [4.69, 9.17) is 5.11 Å². The van der Waals surface area contributed by atoms with E-state index < -0.39 is 11.9 Å². The molecule has 0 radical (unpaired) electrons. The van der Waals surface area contributed by atoms with E-state index in [1.54, 1.807) is 0 Å². The third kappa shape index (κ3) is 1.37. The van der Waals surface area contributed by atoms with E-state index in [2.05, 4.69) is 20.9 Å². The summed E-state index contributed by atoms with van der Waals surface area (Å²) in [4.78, 5) is 14.1. The molecule has 0 unspecified atom stereocenters. The van der Waals surface area contributed by atoms with Crippen LogP contribution in [0.4, 0.5) is 4.39 Å². The Hall–Kier alpha value is -1.43. The number of halogens is 2. The van der Waals surface area contributed by atoms with Gasteiger partial charge in [0.1, 0.15) is 10.1 Å². The van der Waals surface area contributed by atoms with Crippen LogP contribution in [-0.4, -0.2) is 20.5 Å². The molecule has 72 valence electrons. The number of carbonyl (C=O) groups is 1. The highest BCUT2D eigenvalue weighted by molar-refractivity contribution is 9.10. The SMILES string of the molecule is O=C(O)c1cc2c(F)nc(Br)cn2c1. The molecule has 2 aromatic rings. The summed E-state index contributed by atoms with van der Waals surface area (Å²) in [7, 11) is 0. The number of fused-ring (bicyclic) bond motifs is 1. The van der Waals surface area contributed by atoms with Crippen molar-refractivity contribution in [3.05, 3.63) is 34.6 Å². The maximum absolute atomic E-state index is 13.2. The van der Waals surface area contributed by atoms with Gasteiger partial charge < -0.3 is 9.51 Å². The number of aromatic nitrogens is 2. The molecule has 0 saturated heterocycles. The van der Waals surface area contributed by atoms with Crippen molar-refractivity contribution in [2.75, 3.05) is 0 Å². The quantitative estimate of drug-likeness (QED) is 0.851. The maximum Gasteiger partial charge on any atom is 0.337 e. The predicted molar refractivity (Wildman–Crippen MR) is 49.8 cm³/mol. The normalized spacial score (nSPS) is 10.7. The van der Waals surface area contributed by atoms with Crippen molar-refractivity contribution in [3.8, 4) is 0 Å². The molecular formula is C8H4BrFN2O2. The molecule has 0 aromatic carbocycles. The molecule has 0 saturated carbocycles. The Morgan fingerprint density at radius 1 is 1.57 bits per heavy atom. The first-order chi connectivity index (χ1) is 6.58. The van der Waals surface area contributed by atoms with Gasteiger partial charge in [-0.1, -0.05) is 0 Å². The Morgan fingerprint density at radius 3 is 2.93 bits per heavy atom. The summed E-state index contributed by atoms with van der Waals surface area (Å²) in [5, 5.41) is 8.68. The zero-order valence-corrected chi connectivity index (χ0v) is 8.32. The van der Waals surface area contributed by atoms with E-state index in [-0.39, 0.29) is 11.1 Å². The highest BCUT2D eigenvalue weighted by atomic mass is 79.9. The first kappa shape index (κ1) is 9.14. The van der Waals surface area contributed by atoms with Crippen molar-refractivity contribution in [2.24, 2.45) is 0 Å². The van der Waals surface area contributed by atoms with Gasteiger partial charge in [0, 0.05) is 12.4 Å². The molecule has 0 spiro atoms. The molecule has 0 fully saturated rings. The molecule has 14 heavy (non-hydrogen) atoms. The summed E-state index contributed by atoms with van der Waals surface area (Å²) in [5.41, 5.74) is 0.175. The second-order valence-electron chi connectivity index (χ2n) is 2.68. The molecule has 2 rings (SSSR count). The number of aromatic carboxylic acids is 1. The highest BCUT2D eigenvalue weighted by Crippen LogP contribution is 2.15. The van der Waals surface area contributed by atoms with Crippen LogP contribution in [0.25, 0.3) is 5.52 Å². The van der Waals surface area contributed by atoms with Gasteiger partial charge in [-0.15, -0.1) is 0 Å². The Kier molecular flexibility index (Phi) is 1.99. The van der Waals surface area contributed by atoms with Gasteiger partial charge in [0.2, 0.25) is 5.95 Å². The van der Waals surface area contributed by atoms with Crippen LogP contribution in [0.5, 0.6) is 0 Å². The third-order valence-corrected chi connectivity index (χ3v) is 2.14. The number of hydrogen-bond donors (Lipinski definition) is 1. The average Bonchev–Trinajstić information content (AvgIpc) is 2.47. The molecule has 2 aromatic heterocycles. The summed E-state index contributed by atoms with van der Waals surface area (Å²) in [6, 6.07) is 1.23. The van der Waals surface area contributed by atoms with Crippen molar-refractivity contribution in [1.29, 1.82) is 0 Å². The van der Waals surface area contributed by atoms with Gasteiger partial charge in [-0.25, -0.2) is 9.78 Å². The summed E-state index contributed by atoms with van der Waals surface area (Å²) in [6.07, 6.45) is 2.82. The van der Waals surface area contributed by atoms with E-state index in [0.29, 0.717) is 4.60 Å². The minimum absolute atomic E-state index is 0.0313. The summed E-state index contributed by atoms with van der Waals surface area (Å²) < 4.78 is 14.9. The first-order valence-corrected chi connectivity index (χ1v) is 4.44. The van der Waals surface area contributed by atoms with Gasteiger partial charge in [0.15, 0.2) is 0 Å². The van der Waals surface area contributed by atoms with Gasteiger partial charge >= 0.3 is 5.97 Å². The molecule has 4 nitrogen and oxygen atoms in total. The maximum atomic E-state index is 13.2. The van der Waals surface area contributed by atoms with Crippen LogP contribution in [0.1, 0.15) is 10.4 Å². The molecule has 6 heteroatoms. The van der Waals surface area contributed by atoms with Crippen molar-refractivity contribution in [3.63, 3.8) is 0 Å². The molecule has 0 bridgehead atoms. The Morgan fingerprint density at radius 2 is 2.29 bits per heavy atom. The lowest BCUT2D eigenvalue weighted by molar-refractivity contribution is 0.0697. The fourth-order valence-electron chi connectivity index (χ4n) is 1.16. The van der Waals surface area contributed by atoms with Gasteiger partial charge in [-0.3, -0.25) is 0 Å². The van der Waals surface area contributed by atoms with E-state index in [9.17, 15) is 9.18 Å². The van der Waals surface area contributed by atoms with Crippen LogP contribution in [0, 0.1) is 5.95 Å². The Balaban J connectivity index is 2.76. The minimum atomic E-state index is -1.09.